The van der Waals surface area contributed by atoms with Gasteiger partial charge in [-0.2, -0.15) is 0 Å². The van der Waals surface area contributed by atoms with Crippen LogP contribution in [0.15, 0.2) is 58.7 Å². The first-order chi connectivity index (χ1) is 10.2. The molecule has 0 amide bonds. The number of aliphatic carboxylic acids is 1. The predicted octanol–water partition coefficient (Wildman–Crippen LogP) is 4.27. The lowest BCUT2D eigenvalue weighted by Gasteiger charge is -2.32. The highest BCUT2D eigenvalue weighted by Gasteiger charge is 2.26. The smallest absolute Gasteiger partial charge is 0.0645 e. The number of allylic oxidation sites excluding steroid dienone is 9. The molecule has 0 heterocycles. The third kappa shape index (κ3) is 5.88. The predicted molar refractivity (Wildman–Crippen MR) is 91.1 cm³/mol. The monoisotopic (exact) mass is 299 g/mol. The van der Waals surface area contributed by atoms with Crippen LogP contribution in [0.1, 0.15) is 53.9 Å². The van der Waals surface area contributed by atoms with Crippen LogP contribution in [0.3, 0.4) is 0 Å². The molecule has 1 aliphatic rings. The summed E-state index contributed by atoms with van der Waals surface area (Å²) in [4.78, 5) is 10.4. The summed E-state index contributed by atoms with van der Waals surface area (Å²) in [6.45, 7) is 10.6. The van der Waals surface area contributed by atoms with Crippen LogP contribution in [-0.2, 0) is 4.79 Å². The molecule has 0 radical (unpaired) electrons. The summed E-state index contributed by atoms with van der Waals surface area (Å²) < 4.78 is 0. The fourth-order valence-electron chi connectivity index (χ4n) is 2.87. The van der Waals surface area contributed by atoms with Gasteiger partial charge in [-0.3, -0.25) is 0 Å². The number of carbonyl (C=O) groups is 1. The normalized spacial score (nSPS) is 20.2. The lowest BCUT2D eigenvalue weighted by atomic mass is 9.72. The molecule has 0 unspecified atom stereocenters. The Morgan fingerprint density at radius 2 is 1.86 bits per heavy atom. The first-order valence-corrected chi connectivity index (χ1v) is 7.85. The summed E-state index contributed by atoms with van der Waals surface area (Å²) in [6.07, 6.45) is 14.8. The van der Waals surface area contributed by atoms with Crippen molar-refractivity contribution >= 4 is 5.97 Å². The van der Waals surface area contributed by atoms with Crippen LogP contribution >= 0.6 is 0 Å². The maximum Gasteiger partial charge on any atom is 0.0645 e. The maximum absolute atomic E-state index is 10.4. The van der Waals surface area contributed by atoms with Crippen LogP contribution in [0.5, 0.6) is 0 Å². The number of carboxylic acids is 1. The number of carboxylic acid groups (broad SMARTS) is 1. The van der Waals surface area contributed by atoms with Crippen molar-refractivity contribution in [3.8, 4) is 0 Å². The molecular weight excluding hydrogens is 272 g/mol. The molecule has 1 aliphatic carbocycles. The molecule has 0 bridgehead atoms. The van der Waals surface area contributed by atoms with E-state index in [0.29, 0.717) is 5.57 Å². The fourth-order valence-corrected chi connectivity index (χ4v) is 2.87. The summed E-state index contributed by atoms with van der Waals surface area (Å²) in [5.74, 6) is -1.16. The molecule has 1 rings (SSSR count). The van der Waals surface area contributed by atoms with Crippen LogP contribution in [0.4, 0.5) is 0 Å². The van der Waals surface area contributed by atoms with Crippen molar-refractivity contribution in [3.63, 3.8) is 0 Å². The van der Waals surface area contributed by atoms with E-state index in [0.717, 1.165) is 11.6 Å². The van der Waals surface area contributed by atoms with E-state index in [9.17, 15) is 9.90 Å². The van der Waals surface area contributed by atoms with E-state index in [1.165, 1.54) is 30.4 Å². The highest BCUT2D eigenvalue weighted by atomic mass is 16.4. The van der Waals surface area contributed by atoms with Crippen molar-refractivity contribution in [1.82, 2.24) is 0 Å². The van der Waals surface area contributed by atoms with E-state index < -0.39 is 5.97 Å². The van der Waals surface area contributed by atoms with Crippen LogP contribution in [-0.4, -0.2) is 5.97 Å². The molecule has 0 fully saturated rings. The Kier molecular flexibility index (Phi) is 6.61. The van der Waals surface area contributed by atoms with E-state index in [1.54, 1.807) is 13.0 Å². The molecule has 0 aliphatic heterocycles. The minimum Gasteiger partial charge on any atom is -0.545 e. The lowest BCUT2D eigenvalue weighted by Crippen LogP contribution is -2.19. The maximum atomic E-state index is 10.4. The summed E-state index contributed by atoms with van der Waals surface area (Å²) in [6, 6.07) is 0. The molecule has 0 aromatic rings. The Morgan fingerprint density at radius 3 is 2.45 bits per heavy atom. The van der Waals surface area contributed by atoms with E-state index in [-0.39, 0.29) is 5.41 Å². The van der Waals surface area contributed by atoms with Crippen molar-refractivity contribution in [1.29, 1.82) is 0 Å². The molecule has 0 saturated carbocycles. The minimum atomic E-state index is -1.16. The average Bonchev–Trinajstić information content (AvgIpc) is 2.36. The van der Waals surface area contributed by atoms with Gasteiger partial charge in [0.15, 0.2) is 0 Å². The van der Waals surface area contributed by atoms with Gasteiger partial charge in [0.2, 0.25) is 0 Å². The molecule has 0 atom stereocenters. The zero-order chi connectivity index (χ0) is 16.8. The van der Waals surface area contributed by atoms with Gasteiger partial charge in [-0.15, -0.1) is 0 Å². The standard InChI is InChI=1S/C20H28O2/c1-15(8-6-9-16(2)14-19(21)22)11-12-18-17(3)10-7-13-20(18,4)5/h6,8-9,11-12,14H,7,10,13H2,1-5H3,(H,21,22)/p-1/b9-6+,12-11+,15-8-,16-14-. The fraction of sp³-hybridized carbons (Fsp3) is 0.450. The van der Waals surface area contributed by atoms with Gasteiger partial charge in [0, 0.05) is 0 Å². The number of hydrogen-bond acceptors (Lipinski definition) is 2. The van der Waals surface area contributed by atoms with Gasteiger partial charge >= 0.3 is 0 Å². The van der Waals surface area contributed by atoms with Gasteiger partial charge in [-0.05, 0) is 62.7 Å². The number of hydrogen-bond donors (Lipinski definition) is 0. The van der Waals surface area contributed by atoms with Crippen molar-refractivity contribution in [2.24, 2.45) is 5.41 Å². The Labute approximate surface area is 134 Å². The summed E-state index contributed by atoms with van der Waals surface area (Å²) >= 11 is 0. The Morgan fingerprint density at radius 1 is 1.18 bits per heavy atom. The van der Waals surface area contributed by atoms with Gasteiger partial charge in [0.05, 0.1) is 5.97 Å². The molecule has 0 spiro atoms. The summed E-state index contributed by atoms with van der Waals surface area (Å²) in [5, 5.41) is 10.4. The Balaban J connectivity index is 2.79. The van der Waals surface area contributed by atoms with E-state index in [4.69, 9.17) is 0 Å². The second-order valence-electron chi connectivity index (χ2n) is 6.74. The highest BCUT2D eigenvalue weighted by molar-refractivity contribution is 5.79. The molecule has 0 N–H and O–H groups in total. The third-order valence-corrected chi connectivity index (χ3v) is 4.12. The van der Waals surface area contributed by atoms with Crippen molar-refractivity contribution in [2.75, 3.05) is 0 Å². The summed E-state index contributed by atoms with van der Waals surface area (Å²) in [5.41, 5.74) is 4.99. The van der Waals surface area contributed by atoms with Crippen molar-refractivity contribution in [2.45, 2.75) is 53.9 Å². The van der Waals surface area contributed by atoms with Gasteiger partial charge in [0.25, 0.3) is 0 Å². The minimum absolute atomic E-state index is 0.253. The second kappa shape index (κ2) is 7.98. The zero-order valence-corrected chi connectivity index (χ0v) is 14.4. The number of carbonyl (C=O) groups excluding carboxylic acids is 1. The lowest BCUT2D eigenvalue weighted by molar-refractivity contribution is -0.297. The topological polar surface area (TPSA) is 40.1 Å². The second-order valence-corrected chi connectivity index (χ2v) is 6.74. The molecule has 0 aromatic carbocycles. The molecule has 22 heavy (non-hydrogen) atoms. The van der Waals surface area contributed by atoms with Crippen LogP contribution in [0.25, 0.3) is 0 Å². The van der Waals surface area contributed by atoms with Gasteiger partial charge in [-0.25, -0.2) is 0 Å². The van der Waals surface area contributed by atoms with Gasteiger partial charge in [0.1, 0.15) is 0 Å². The molecule has 120 valence electrons. The largest absolute Gasteiger partial charge is 0.545 e. The Bertz CT molecular complexity index is 567. The quantitative estimate of drug-likeness (QED) is 0.562. The molecule has 2 nitrogen and oxygen atoms in total. The zero-order valence-electron chi connectivity index (χ0n) is 14.4. The van der Waals surface area contributed by atoms with Gasteiger partial charge < -0.3 is 9.90 Å². The van der Waals surface area contributed by atoms with Gasteiger partial charge in [-0.1, -0.05) is 55.4 Å². The van der Waals surface area contributed by atoms with Crippen LogP contribution in [0, 0.1) is 5.41 Å². The van der Waals surface area contributed by atoms with Crippen LogP contribution in [0.2, 0.25) is 0 Å². The Hall–Kier alpha value is -1.83. The van der Waals surface area contributed by atoms with E-state index in [1.807, 2.05) is 19.1 Å². The van der Waals surface area contributed by atoms with Crippen molar-refractivity contribution < 1.29 is 9.90 Å². The summed E-state index contributed by atoms with van der Waals surface area (Å²) in [7, 11) is 0. The molecule has 2 heteroatoms. The van der Waals surface area contributed by atoms with Crippen LogP contribution < -0.4 is 5.11 Å². The number of rotatable bonds is 5. The average molecular weight is 299 g/mol. The first-order valence-electron chi connectivity index (χ1n) is 7.85. The first kappa shape index (κ1) is 18.2. The van der Waals surface area contributed by atoms with Crippen molar-refractivity contribution in [3.05, 3.63) is 58.7 Å². The van der Waals surface area contributed by atoms with E-state index in [2.05, 4.69) is 32.9 Å². The molecular formula is C20H27O2-. The SMILES string of the molecule is CC1=C(/C=C/C(C)=C\C=C\C(C)=C/C(=O)[O-])C(C)(C)CCC1. The molecule has 0 aromatic heterocycles. The highest BCUT2D eigenvalue weighted by Crippen LogP contribution is 2.40. The molecule has 0 saturated heterocycles. The van der Waals surface area contributed by atoms with E-state index >= 15 is 0 Å². The third-order valence-electron chi connectivity index (χ3n) is 4.12.